The summed E-state index contributed by atoms with van der Waals surface area (Å²) in [6, 6.07) is 0. The fourth-order valence-corrected chi connectivity index (χ4v) is 0. The van der Waals surface area contributed by atoms with Gasteiger partial charge in [-0.25, -0.2) is 0 Å². The van der Waals surface area contributed by atoms with E-state index in [1.165, 1.54) is 0 Å². The minimum absolute atomic E-state index is 0. The Morgan fingerprint density at radius 3 is 1.00 bits per heavy atom. The Balaban J connectivity index is -0.0000000138. The standard InChI is InChI=1S/C4H9O.C2H5O.CH3O.2K.Na/c1-4(2,3)5;1-2-3;1-2;;;/h1-3H3;2H2,1H3;1H3;;;/q3*-1;3*+1. The normalized spacial score (nSPS) is 6.46. The molecule has 13 heavy (non-hydrogen) atoms. The molecule has 0 fully saturated rings. The van der Waals surface area contributed by atoms with Gasteiger partial charge < -0.3 is 15.3 Å². The van der Waals surface area contributed by atoms with Crippen molar-refractivity contribution in [1.82, 2.24) is 0 Å². The van der Waals surface area contributed by atoms with Crippen molar-refractivity contribution in [2.24, 2.45) is 0 Å². The minimum Gasteiger partial charge on any atom is -0.857 e. The van der Waals surface area contributed by atoms with E-state index in [0.717, 1.165) is 7.11 Å². The van der Waals surface area contributed by atoms with Crippen LogP contribution >= 0.6 is 0 Å². The third kappa shape index (κ3) is 188. The van der Waals surface area contributed by atoms with Crippen molar-refractivity contribution in [3.63, 3.8) is 0 Å². The predicted molar refractivity (Wildman–Crippen MR) is 36.2 cm³/mol. The van der Waals surface area contributed by atoms with Crippen molar-refractivity contribution in [2.75, 3.05) is 13.7 Å². The zero-order valence-electron chi connectivity index (χ0n) is 10.4. The van der Waals surface area contributed by atoms with Gasteiger partial charge in [0.05, 0.1) is 0 Å². The molecular formula is C7H17K2NaO3. The van der Waals surface area contributed by atoms with Crippen LogP contribution in [0.2, 0.25) is 0 Å². The maximum Gasteiger partial charge on any atom is 1.00 e. The average molecular weight is 250 g/mol. The summed E-state index contributed by atoms with van der Waals surface area (Å²) in [5.41, 5.74) is -0.750. The Bertz CT molecular complexity index is 45.5. The Hall–Kier alpha value is 4.15. The third-order valence-corrected chi connectivity index (χ3v) is 0. The Morgan fingerprint density at radius 2 is 1.00 bits per heavy atom. The van der Waals surface area contributed by atoms with E-state index in [1.54, 1.807) is 27.7 Å². The maximum absolute atomic E-state index is 10.1. The quantitative estimate of drug-likeness (QED) is 0.401. The molecule has 0 radical (unpaired) electrons. The number of rotatable bonds is 0. The fourth-order valence-electron chi connectivity index (χ4n) is 0. The first kappa shape index (κ1) is 36.0. The topological polar surface area (TPSA) is 69.2 Å². The van der Waals surface area contributed by atoms with Crippen LogP contribution in [0.4, 0.5) is 0 Å². The van der Waals surface area contributed by atoms with Crippen LogP contribution in [0.5, 0.6) is 0 Å². The largest absolute Gasteiger partial charge is 1.00 e. The molecule has 0 saturated carbocycles. The first-order valence-electron chi connectivity index (χ1n) is 3.11. The first-order chi connectivity index (χ1) is 4.41. The van der Waals surface area contributed by atoms with Gasteiger partial charge in [0.25, 0.3) is 0 Å². The Kier molecular flexibility index (Phi) is 82.5. The molecule has 0 heterocycles. The second kappa shape index (κ2) is 29.8. The van der Waals surface area contributed by atoms with Gasteiger partial charge >= 0.3 is 132 Å². The molecule has 0 aliphatic heterocycles. The SMILES string of the molecule is CC(C)(C)[O-].CC[O-].C[O-].[K+].[K+].[Na+]. The van der Waals surface area contributed by atoms with Crippen LogP contribution in [-0.4, -0.2) is 19.3 Å². The third-order valence-electron chi connectivity index (χ3n) is 0. The van der Waals surface area contributed by atoms with Gasteiger partial charge in [-0.1, -0.05) is 27.7 Å². The molecule has 0 aliphatic rings. The molecule has 0 saturated heterocycles. The molecular weight excluding hydrogens is 233 g/mol. The van der Waals surface area contributed by atoms with Gasteiger partial charge in [0.15, 0.2) is 0 Å². The van der Waals surface area contributed by atoms with Crippen LogP contribution in [0.25, 0.3) is 0 Å². The summed E-state index contributed by atoms with van der Waals surface area (Å²) in [5, 5.41) is 27.3. The summed E-state index contributed by atoms with van der Waals surface area (Å²) in [6.07, 6.45) is 0. The molecule has 0 amide bonds. The van der Waals surface area contributed by atoms with Crippen molar-refractivity contribution in [2.45, 2.75) is 33.3 Å². The van der Waals surface area contributed by atoms with Crippen LogP contribution in [0.1, 0.15) is 27.7 Å². The van der Waals surface area contributed by atoms with E-state index >= 15 is 0 Å². The van der Waals surface area contributed by atoms with Gasteiger partial charge in [-0.2, -0.15) is 7.11 Å². The second-order valence-corrected chi connectivity index (χ2v) is 2.40. The smallest absolute Gasteiger partial charge is 0.857 e. The van der Waals surface area contributed by atoms with Crippen molar-refractivity contribution in [1.29, 1.82) is 0 Å². The molecule has 66 valence electrons. The van der Waals surface area contributed by atoms with E-state index < -0.39 is 5.60 Å². The van der Waals surface area contributed by atoms with Gasteiger partial charge in [-0.3, -0.25) is 0 Å². The van der Waals surface area contributed by atoms with Gasteiger partial charge in [0.1, 0.15) is 0 Å². The van der Waals surface area contributed by atoms with E-state index in [9.17, 15) is 5.11 Å². The summed E-state index contributed by atoms with van der Waals surface area (Å²) in [6.45, 7) is 6.47. The van der Waals surface area contributed by atoms with E-state index in [1.807, 2.05) is 0 Å². The average Bonchev–Trinajstić information content (AvgIpc) is 1.68. The second-order valence-electron chi connectivity index (χ2n) is 2.40. The number of hydrogen-bond acceptors (Lipinski definition) is 3. The maximum atomic E-state index is 10.1. The molecule has 0 unspecified atom stereocenters. The molecule has 0 aromatic carbocycles. The Morgan fingerprint density at radius 1 is 1.00 bits per heavy atom. The summed E-state index contributed by atoms with van der Waals surface area (Å²) in [7, 11) is 0.750. The summed E-state index contributed by atoms with van der Waals surface area (Å²) < 4.78 is 0. The summed E-state index contributed by atoms with van der Waals surface area (Å²) in [5.74, 6) is 0. The van der Waals surface area contributed by atoms with E-state index in [-0.39, 0.29) is 139 Å². The van der Waals surface area contributed by atoms with Gasteiger partial charge in [-0.05, 0) is 0 Å². The van der Waals surface area contributed by atoms with Crippen molar-refractivity contribution in [3.8, 4) is 0 Å². The molecule has 6 heteroatoms. The van der Waals surface area contributed by atoms with Crippen molar-refractivity contribution in [3.05, 3.63) is 0 Å². The van der Waals surface area contributed by atoms with E-state index in [4.69, 9.17) is 10.2 Å². The molecule has 0 aromatic heterocycles. The fraction of sp³-hybridized carbons (Fsp3) is 1.00. The number of hydrogen-bond donors (Lipinski definition) is 0. The zero-order valence-corrected chi connectivity index (χ0v) is 18.7. The summed E-state index contributed by atoms with van der Waals surface area (Å²) >= 11 is 0. The minimum atomic E-state index is -0.750. The van der Waals surface area contributed by atoms with E-state index in [2.05, 4.69) is 0 Å². The molecule has 0 N–H and O–H groups in total. The molecule has 3 nitrogen and oxygen atoms in total. The first-order valence-corrected chi connectivity index (χ1v) is 3.11. The van der Waals surface area contributed by atoms with Gasteiger partial charge in [-0.15, -0.1) is 12.2 Å². The van der Waals surface area contributed by atoms with Crippen LogP contribution in [-0.2, 0) is 0 Å². The molecule has 0 spiro atoms. The van der Waals surface area contributed by atoms with Crippen LogP contribution in [0.15, 0.2) is 0 Å². The van der Waals surface area contributed by atoms with Gasteiger partial charge in [0.2, 0.25) is 0 Å². The molecule has 0 aromatic rings. The molecule has 0 aliphatic carbocycles. The Labute approximate surface area is 190 Å². The monoisotopic (exact) mass is 250 g/mol. The predicted octanol–water partition coefficient (Wildman–Crippen LogP) is -10.5. The van der Waals surface area contributed by atoms with Crippen LogP contribution in [0.3, 0.4) is 0 Å². The van der Waals surface area contributed by atoms with Crippen LogP contribution in [0, 0.1) is 0 Å². The molecule has 0 bridgehead atoms. The molecule has 0 atom stereocenters. The van der Waals surface area contributed by atoms with Gasteiger partial charge in [0, 0.05) is 0 Å². The van der Waals surface area contributed by atoms with Crippen molar-refractivity contribution < 1.29 is 148 Å². The van der Waals surface area contributed by atoms with Crippen LogP contribution < -0.4 is 148 Å². The molecule has 0 rings (SSSR count). The van der Waals surface area contributed by atoms with E-state index in [0.29, 0.717) is 0 Å². The van der Waals surface area contributed by atoms with Crippen molar-refractivity contribution >= 4 is 0 Å². The summed E-state index contributed by atoms with van der Waals surface area (Å²) in [4.78, 5) is 0. The zero-order chi connectivity index (χ0) is 9.21.